The Morgan fingerprint density at radius 2 is 1.13 bits per heavy atom. The molecule has 0 bridgehead atoms. The number of halogens is 1. The van der Waals surface area contributed by atoms with Crippen LogP contribution in [0.3, 0.4) is 0 Å². The van der Waals surface area contributed by atoms with E-state index in [0.29, 0.717) is 0 Å². The Bertz CT molecular complexity index is 621. The summed E-state index contributed by atoms with van der Waals surface area (Å²) in [5.74, 6) is 0. The fourth-order valence-corrected chi connectivity index (χ4v) is 4.58. The lowest BCUT2D eigenvalue weighted by atomic mass is 10.1. The van der Waals surface area contributed by atoms with Gasteiger partial charge in [-0.2, -0.15) is 0 Å². The maximum atomic E-state index is 10.4. The van der Waals surface area contributed by atoms with E-state index >= 15 is 0 Å². The highest BCUT2D eigenvalue weighted by atomic mass is 79.9. The molecular weight excluding hydrogens is 474 g/mol. The Balaban J connectivity index is 0.000000683. The van der Waals surface area contributed by atoms with Crippen LogP contribution in [0.5, 0.6) is 0 Å². The Labute approximate surface area is 201 Å². The van der Waals surface area contributed by atoms with Crippen LogP contribution in [0.4, 0.5) is 0 Å². The second kappa shape index (κ2) is 18.0. The van der Waals surface area contributed by atoms with Crippen molar-refractivity contribution in [1.82, 2.24) is 0 Å². The summed E-state index contributed by atoms with van der Waals surface area (Å²) in [6.45, 7) is 14.4. The van der Waals surface area contributed by atoms with Crippen LogP contribution in [-0.4, -0.2) is 49.0 Å². The third-order valence-electron chi connectivity index (χ3n) is 5.78. The number of hydrogen-bond acceptors (Lipinski definition) is 3. The van der Waals surface area contributed by atoms with E-state index in [1.807, 2.05) is 6.92 Å². The molecule has 182 valence electrons. The van der Waals surface area contributed by atoms with E-state index in [-0.39, 0.29) is 4.90 Å². The molecule has 0 spiro atoms. The molecular formula is C25H46BrNO3S. The van der Waals surface area contributed by atoms with Crippen LogP contribution in [0, 0.1) is 6.92 Å². The first kappa shape index (κ1) is 30.6. The summed E-state index contributed by atoms with van der Waals surface area (Å²) >= 11 is 3.64. The van der Waals surface area contributed by atoms with Gasteiger partial charge in [0.25, 0.3) is 0 Å². The van der Waals surface area contributed by atoms with Crippen molar-refractivity contribution < 1.29 is 17.5 Å². The molecule has 0 radical (unpaired) electrons. The molecule has 31 heavy (non-hydrogen) atoms. The van der Waals surface area contributed by atoms with Gasteiger partial charge in [0.05, 0.1) is 31.1 Å². The second-order valence-corrected chi connectivity index (χ2v) is 10.8. The van der Waals surface area contributed by atoms with Crippen molar-refractivity contribution in [2.75, 3.05) is 31.5 Å². The van der Waals surface area contributed by atoms with Gasteiger partial charge in [0.15, 0.2) is 0 Å². The number of benzene rings is 1. The molecule has 0 aliphatic rings. The number of aryl methyl sites for hydroxylation is 1. The highest BCUT2D eigenvalue weighted by Gasteiger charge is 2.25. The minimum Gasteiger partial charge on any atom is -0.744 e. The first-order chi connectivity index (χ1) is 14.7. The molecule has 0 N–H and O–H groups in total. The van der Waals surface area contributed by atoms with Gasteiger partial charge in [-0.25, -0.2) is 8.42 Å². The van der Waals surface area contributed by atoms with Gasteiger partial charge in [-0.05, 0) is 57.6 Å². The molecule has 0 aromatic heterocycles. The normalized spacial score (nSPS) is 11.8. The number of nitrogens with zero attached hydrogens (tertiary/aromatic N) is 1. The standard InChI is InChI=1S/C18H39BrN.C7H8O3S/c1-4-7-10-15-20(18-13-14-19,16-11-8-5-2)17-12-9-6-3;1-6-2-4-7(5-3-6)11(8,9)10/h4-18H2,1-3H3;2-5H,1H3,(H,8,9,10)/q+1;/p-1. The third kappa shape index (κ3) is 15.1. The fourth-order valence-electron chi connectivity index (χ4n) is 3.86. The minimum absolute atomic E-state index is 0.178. The minimum atomic E-state index is -4.27. The molecule has 0 aliphatic heterocycles. The SMILES string of the molecule is CCCCC[N+](CCCBr)(CCCCC)CCCCC.Cc1ccc(S(=O)(=O)[O-])cc1. The zero-order chi connectivity index (χ0) is 23.6. The largest absolute Gasteiger partial charge is 0.744 e. The van der Waals surface area contributed by atoms with Gasteiger partial charge in [0.1, 0.15) is 10.1 Å². The van der Waals surface area contributed by atoms with Gasteiger partial charge in [-0.3, -0.25) is 0 Å². The van der Waals surface area contributed by atoms with Gasteiger partial charge < -0.3 is 9.04 Å². The topological polar surface area (TPSA) is 57.2 Å². The van der Waals surface area contributed by atoms with Crippen molar-refractivity contribution in [1.29, 1.82) is 0 Å². The van der Waals surface area contributed by atoms with Gasteiger partial charge in [-0.1, -0.05) is 73.7 Å². The van der Waals surface area contributed by atoms with E-state index in [1.54, 1.807) is 12.1 Å². The fraction of sp³-hybridized carbons (Fsp3) is 0.760. The van der Waals surface area contributed by atoms with Crippen molar-refractivity contribution in [2.24, 2.45) is 0 Å². The predicted octanol–water partition coefficient (Wildman–Crippen LogP) is 7.06. The van der Waals surface area contributed by atoms with Crippen LogP contribution in [0.2, 0.25) is 0 Å². The van der Waals surface area contributed by atoms with Gasteiger partial charge in [0, 0.05) is 11.8 Å². The molecule has 6 heteroatoms. The van der Waals surface area contributed by atoms with Crippen LogP contribution in [-0.2, 0) is 10.1 Å². The lowest BCUT2D eigenvalue weighted by molar-refractivity contribution is -0.928. The molecule has 0 saturated carbocycles. The molecule has 0 heterocycles. The summed E-state index contributed by atoms with van der Waals surface area (Å²) < 4.78 is 32.6. The van der Waals surface area contributed by atoms with Crippen LogP contribution in [0.25, 0.3) is 0 Å². The Kier molecular flexibility index (Phi) is 17.8. The average Bonchev–Trinajstić information content (AvgIpc) is 2.73. The average molecular weight is 521 g/mol. The van der Waals surface area contributed by atoms with E-state index in [2.05, 4.69) is 36.7 Å². The molecule has 1 rings (SSSR count). The summed E-state index contributed by atoms with van der Waals surface area (Å²) in [6, 6.07) is 5.78. The lowest BCUT2D eigenvalue weighted by Gasteiger charge is -2.39. The zero-order valence-electron chi connectivity index (χ0n) is 20.4. The molecule has 0 amide bonds. The van der Waals surface area contributed by atoms with E-state index in [1.165, 1.54) is 112 Å². The molecule has 1 aromatic carbocycles. The smallest absolute Gasteiger partial charge is 0.124 e. The second-order valence-electron chi connectivity index (χ2n) is 8.67. The molecule has 0 aliphatic carbocycles. The summed E-state index contributed by atoms with van der Waals surface area (Å²) in [6.07, 6.45) is 13.9. The number of quaternary nitrogens is 1. The lowest BCUT2D eigenvalue weighted by Crippen LogP contribution is -2.51. The van der Waals surface area contributed by atoms with Crippen LogP contribution in [0.15, 0.2) is 29.2 Å². The van der Waals surface area contributed by atoms with E-state index in [0.717, 1.165) is 5.56 Å². The summed E-state index contributed by atoms with van der Waals surface area (Å²) in [5.41, 5.74) is 0.928. The number of hydrogen-bond donors (Lipinski definition) is 0. The molecule has 0 unspecified atom stereocenters. The predicted molar refractivity (Wildman–Crippen MR) is 136 cm³/mol. The molecule has 4 nitrogen and oxygen atoms in total. The van der Waals surface area contributed by atoms with Crippen LogP contribution >= 0.6 is 15.9 Å². The van der Waals surface area contributed by atoms with E-state index < -0.39 is 10.1 Å². The maximum Gasteiger partial charge on any atom is 0.124 e. The number of alkyl halides is 1. The maximum absolute atomic E-state index is 10.4. The van der Waals surface area contributed by atoms with Gasteiger partial charge in [0.2, 0.25) is 0 Å². The molecule has 0 atom stereocenters. The van der Waals surface area contributed by atoms with E-state index in [4.69, 9.17) is 0 Å². The molecule has 0 fully saturated rings. The van der Waals surface area contributed by atoms with Crippen molar-refractivity contribution in [3.05, 3.63) is 29.8 Å². The summed E-state index contributed by atoms with van der Waals surface area (Å²) in [4.78, 5) is -0.178. The van der Waals surface area contributed by atoms with Gasteiger partial charge in [-0.15, -0.1) is 0 Å². The Hall–Kier alpha value is -0.430. The Morgan fingerprint density at radius 3 is 1.45 bits per heavy atom. The number of rotatable bonds is 16. The first-order valence-electron chi connectivity index (χ1n) is 12.2. The highest BCUT2D eigenvalue weighted by molar-refractivity contribution is 9.09. The summed E-state index contributed by atoms with van der Waals surface area (Å²) in [5, 5.41) is 1.17. The van der Waals surface area contributed by atoms with Gasteiger partial charge >= 0.3 is 0 Å². The first-order valence-corrected chi connectivity index (χ1v) is 14.7. The molecule has 0 saturated heterocycles. The Morgan fingerprint density at radius 1 is 0.742 bits per heavy atom. The highest BCUT2D eigenvalue weighted by Crippen LogP contribution is 2.17. The quantitative estimate of drug-likeness (QED) is 0.101. The molecule has 1 aromatic rings. The van der Waals surface area contributed by atoms with E-state index in [9.17, 15) is 13.0 Å². The van der Waals surface area contributed by atoms with Crippen molar-refractivity contribution in [3.63, 3.8) is 0 Å². The van der Waals surface area contributed by atoms with Crippen molar-refractivity contribution in [3.8, 4) is 0 Å². The zero-order valence-corrected chi connectivity index (χ0v) is 22.8. The van der Waals surface area contributed by atoms with Crippen LogP contribution in [0.1, 0.15) is 90.5 Å². The monoisotopic (exact) mass is 519 g/mol. The van der Waals surface area contributed by atoms with Crippen molar-refractivity contribution in [2.45, 2.75) is 96.8 Å². The third-order valence-corrected chi connectivity index (χ3v) is 7.19. The van der Waals surface area contributed by atoms with Crippen molar-refractivity contribution >= 4 is 26.0 Å². The van der Waals surface area contributed by atoms with Crippen LogP contribution < -0.4 is 0 Å². The summed E-state index contributed by atoms with van der Waals surface area (Å²) in [7, 11) is -4.27. The number of unbranched alkanes of at least 4 members (excludes halogenated alkanes) is 6.